The smallest absolute Gasteiger partial charge is 0.141 e. The number of ether oxygens (including phenoxy) is 1. The number of hydrogen-bond acceptors (Lipinski definition) is 4. The molecule has 0 bridgehead atoms. The third-order valence-electron chi connectivity index (χ3n) is 3.42. The summed E-state index contributed by atoms with van der Waals surface area (Å²) >= 11 is 11.9. The van der Waals surface area contributed by atoms with Gasteiger partial charge in [0.1, 0.15) is 17.7 Å². The third kappa shape index (κ3) is 3.98. The van der Waals surface area contributed by atoms with Crippen molar-refractivity contribution in [2.24, 2.45) is 0 Å². The molecule has 1 aromatic carbocycles. The molecule has 1 aromatic heterocycles. The number of nitrogens with zero attached hydrogens (tertiary/aromatic N) is 1. The van der Waals surface area contributed by atoms with Crippen LogP contribution in [-0.2, 0) is 17.8 Å². The van der Waals surface area contributed by atoms with Crippen molar-refractivity contribution in [3.8, 4) is 0 Å². The predicted molar refractivity (Wildman–Crippen MR) is 81.6 cm³/mol. The summed E-state index contributed by atoms with van der Waals surface area (Å²) in [5.41, 5.74) is 1.84. The van der Waals surface area contributed by atoms with Gasteiger partial charge in [0, 0.05) is 12.5 Å². The van der Waals surface area contributed by atoms with Gasteiger partial charge in [0.2, 0.25) is 0 Å². The van der Waals surface area contributed by atoms with Gasteiger partial charge in [0.15, 0.2) is 0 Å². The minimum Gasteiger partial charge on any atom is -0.361 e. The molecule has 3 rings (SSSR count). The molecule has 0 unspecified atom stereocenters. The van der Waals surface area contributed by atoms with Crippen LogP contribution in [0.4, 0.5) is 0 Å². The highest BCUT2D eigenvalue weighted by atomic mass is 35.5. The number of aromatic nitrogens is 1. The summed E-state index contributed by atoms with van der Waals surface area (Å²) in [6, 6.07) is 7.46. The van der Waals surface area contributed by atoms with Crippen molar-refractivity contribution in [1.82, 2.24) is 10.5 Å². The Kier molecular flexibility index (Phi) is 4.80. The minimum atomic E-state index is 0.139. The monoisotopic (exact) mass is 326 g/mol. The summed E-state index contributed by atoms with van der Waals surface area (Å²) in [6.07, 6.45) is 2.98. The SMILES string of the molecule is Clc1ccc(Cc2cc(CO[C@H]3CCCN3)no2)cc1Cl. The van der Waals surface area contributed by atoms with E-state index in [1.165, 1.54) is 0 Å². The van der Waals surface area contributed by atoms with Crippen LogP contribution in [0.5, 0.6) is 0 Å². The third-order valence-corrected chi connectivity index (χ3v) is 4.16. The molecule has 1 N–H and O–H groups in total. The molecule has 0 spiro atoms. The molecular weight excluding hydrogens is 311 g/mol. The molecule has 2 heterocycles. The first-order valence-corrected chi connectivity index (χ1v) is 7.70. The normalized spacial score (nSPS) is 18.3. The molecule has 2 aromatic rings. The van der Waals surface area contributed by atoms with Crippen molar-refractivity contribution < 1.29 is 9.26 Å². The zero-order chi connectivity index (χ0) is 14.7. The summed E-state index contributed by atoms with van der Waals surface area (Å²) in [7, 11) is 0. The van der Waals surface area contributed by atoms with E-state index in [1.807, 2.05) is 18.2 Å². The van der Waals surface area contributed by atoms with Crippen LogP contribution in [-0.4, -0.2) is 17.9 Å². The molecule has 6 heteroatoms. The fourth-order valence-electron chi connectivity index (χ4n) is 2.34. The molecule has 0 saturated carbocycles. The Hall–Kier alpha value is -1.07. The lowest BCUT2D eigenvalue weighted by Gasteiger charge is -2.09. The van der Waals surface area contributed by atoms with Gasteiger partial charge < -0.3 is 9.26 Å². The van der Waals surface area contributed by atoms with Crippen LogP contribution in [0.15, 0.2) is 28.8 Å². The molecule has 1 fully saturated rings. The standard InChI is InChI=1S/C15H16Cl2N2O2/c16-13-4-3-10(7-14(13)17)6-12-8-11(19-21-12)9-20-15-2-1-5-18-15/h3-4,7-8,15,18H,1-2,5-6,9H2/t15-/m0/s1. The quantitative estimate of drug-likeness (QED) is 0.907. The van der Waals surface area contributed by atoms with Crippen molar-refractivity contribution in [2.75, 3.05) is 6.54 Å². The minimum absolute atomic E-state index is 0.139. The Morgan fingerprint density at radius 3 is 2.95 bits per heavy atom. The van der Waals surface area contributed by atoms with Gasteiger partial charge in [0.05, 0.1) is 16.7 Å². The summed E-state index contributed by atoms with van der Waals surface area (Å²) in [6.45, 7) is 1.48. The second kappa shape index (κ2) is 6.79. The van der Waals surface area contributed by atoms with Crippen LogP contribution in [0, 0.1) is 0 Å². The van der Waals surface area contributed by atoms with Gasteiger partial charge in [-0.05, 0) is 37.1 Å². The van der Waals surface area contributed by atoms with Crippen molar-refractivity contribution in [3.05, 3.63) is 51.3 Å². The van der Waals surface area contributed by atoms with Crippen molar-refractivity contribution in [1.29, 1.82) is 0 Å². The molecule has 0 radical (unpaired) electrons. The second-order valence-corrected chi connectivity index (χ2v) is 5.92. The topological polar surface area (TPSA) is 47.3 Å². The van der Waals surface area contributed by atoms with E-state index < -0.39 is 0 Å². The van der Waals surface area contributed by atoms with Crippen molar-refractivity contribution in [3.63, 3.8) is 0 Å². The number of benzene rings is 1. The van der Waals surface area contributed by atoms with E-state index in [4.69, 9.17) is 32.5 Å². The van der Waals surface area contributed by atoms with Gasteiger partial charge in [-0.1, -0.05) is 34.4 Å². The van der Waals surface area contributed by atoms with Crippen LogP contribution in [0.2, 0.25) is 10.0 Å². The van der Waals surface area contributed by atoms with E-state index in [0.29, 0.717) is 23.1 Å². The van der Waals surface area contributed by atoms with Gasteiger partial charge >= 0.3 is 0 Å². The number of rotatable bonds is 5. The highest BCUT2D eigenvalue weighted by Crippen LogP contribution is 2.24. The summed E-state index contributed by atoms with van der Waals surface area (Å²) in [4.78, 5) is 0. The maximum Gasteiger partial charge on any atom is 0.141 e. The average Bonchev–Trinajstić information content (AvgIpc) is 3.12. The fourth-order valence-corrected chi connectivity index (χ4v) is 2.66. The lowest BCUT2D eigenvalue weighted by Crippen LogP contribution is -2.24. The lowest BCUT2D eigenvalue weighted by atomic mass is 10.1. The zero-order valence-electron chi connectivity index (χ0n) is 11.4. The van der Waals surface area contributed by atoms with Crippen molar-refractivity contribution in [2.45, 2.75) is 32.1 Å². The molecule has 1 atom stereocenters. The van der Waals surface area contributed by atoms with Gasteiger partial charge in [-0.3, -0.25) is 5.32 Å². The zero-order valence-corrected chi connectivity index (χ0v) is 13.0. The Morgan fingerprint density at radius 1 is 1.29 bits per heavy atom. The Morgan fingerprint density at radius 2 is 2.19 bits per heavy atom. The summed E-state index contributed by atoms with van der Waals surface area (Å²) < 4.78 is 11.0. The van der Waals surface area contributed by atoms with E-state index in [-0.39, 0.29) is 6.23 Å². The van der Waals surface area contributed by atoms with Crippen LogP contribution in [0.25, 0.3) is 0 Å². The molecular formula is C15H16Cl2N2O2. The Labute approximate surface area is 133 Å². The molecule has 112 valence electrons. The molecule has 0 amide bonds. The Bertz CT molecular complexity index is 609. The Balaban J connectivity index is 1.57. The van der Waals surface area contributed by atoms with E-state index in [9.17, 15) is 0 Å². The first-order valence-electron chi connectivity index (χ1n) is 6.94. The maximum atomic E-state index is 6.00. The first-order chi connectivity index (χ1) is 10.2. The van der Waals surface area contributed by atoms with E-state index in [2.05, 4.69) is 10.5 Å². The molecule has 1 aliphatic rings. The van der Waals surface area contributed by atoms with Crippen LogP contribution in [0.3, 0.4) is 0 Å². The number of hydrogen-bond donors (Lipinski definition) is 1. The van der Waals surface area contributed by atoms with E-state index in [0.717, 1.165) is 36.4 Å². The van der Waals surface area contributed by atoms with Crippen LogP contribution >= 0.6 is 23.2 Å². The number of halogens is 2. The summed E-state index contributed by atoms with van der Waals surface area (Å²) in [5.74, 6) is 0.784. The van der Waals surface area contributed by atoms with Gasteiger partial charge in [-0.25, -0.2) is 0 Å². The number of nitrogens with one attached hydrogen (secondary N) is 1. The maximum absolute atomic E-state index is 6.00. The highest BCUT2D eigenvalue weighted by Gasteiger charge is 2.15. The first kappa shape index (κ1) is 14.9. The largest absolute Gasteiger partial charge is 0.361 e. The second-order valence-electron chi connectivity index (χ2n) is 5.11. The molecule has 4 nitrogen and oxygen atoms in total. The molecule has 1 saturated heterocycles. The molecule has 21 heavy (non-hydrogen) atoms. The van der Waals surface area contributed by atoms with E-state index in [1.54, 1.807) is 6.07 Å². The van der Waals surface area contributed by atoms with Crippen LogP contribution in [0.1, 0.15) is 29.9 Å². The van der Waals surface area contributed by atoms with Crippen LogP contribution < -0.4 is 5.32 Å². The van der Waals surface area contributed by atoms with E-state index >= 15 is 0 Å². The van der Waals surface area contributed by atoms with Crippen molar-refractivity contribution >= 4 is 23.2 Å². The summed E-state index contributed by atoms with van der Waals surface area (Å²) in [5, 5.41) is 8.40. The van der Waals surface area contributed by atoms with Gasteiger partial charge in [-0.2, -0.15) is 0 Å². The molecule has 1 aliphatic heterocycles. The van der Waals surface area contributed by atoms with Gasteiger partial charge in [0.25, 0.3) is 0 Å². The van der Waals surface area contributed by atoms with Gasteiger partial charge in [-0.15, -0.1) is 0 Å². The lowest BCUT2D eigenvalue weighted by molar-refractivity contribution is 0.0281. The fraction of sp³-hybridized carbons (Fsp3) is 0.400. The highest BCUT2D eigenvalue weighted by molar-refractivity contribution is 6.42. The average molecular weight is 327 g/mol. The molecule has 0 aliphatic carbocycles. The predicted octanol–water partition coefficient (Wildman–Crippen LogP) is 3.80.